The third kappa shape index (κ3) is 3.96. The summed E-state index contributed by atoms with van der Waals surface area (Å²) in [4.78, 5) is 1.22. The highest BCUT2D eigenvalue weighted by atomic mass is 79.9. The smallest absolute Gasteiger partial charge is 0.0931 e. The Balaban J connectivity index is 2.33. The van der Waals surface area contributed by atoms with Gasteiger partial charge in [-0.2, -0.15) is 0 Å². The van der Waals surface area contributed by atoms with E-state index in [0.717, 1.165) is 26.8 Å². The second kappa shape index (κ2) is 7.09. The number of thiophene rings is 1. The van der Waals surface area contributed by atoms with Crippen molar-refractivity contribution >= 4 is 50.5 Å². The van der Waals surface area contributed by atoms with Crippen LogP contribution in [0.4, 0.5) is 0 Å². The van der Waals surface area contributed by atoms with Crippen LogP contribution in [0.15, 0.2) is 34.8 Å². The van der Waals surface area contributed by atoms with E-state index in [1.54, 1.807) is 11.3 Å². The zero-order valence-electron chi connectivity index (χ0n) is 10.4. The highest BCUT2D eigenvalue weighted by Crippen LogP contribution is 2.33. The molecule has 0 amide bonds. The standard InChI is InChI=1S/C14H14BrCl2NS/c1-2-7-18-14(12-5-6-13(17)19-12)9-3-4-11(16)10(15)8-9/h3-6,8,14,18H,2,7H2,1H3. The van der Waals surface area contributed by atoms with Gasteiger partial charge in [-0.25, -0.2) is 0 Å². The summed E-state index contributed by atoms with van der Waals surface area (Å²) in [7, 11) is 0. The van der Waals surface area contributed by atoms with Crippen LogP contribution in [0.2, 0.25) is 9.36 Å². The van der Waals surface area contributed by atoms with Gasteiger partial charge in [-0.1, -0.05) is 36.2 Å². The molecule has 1 unspecified atom stereocenters. The summed E-state index contributed by atoms with van der Waals surface area (Å²) < 4.78 is 1.73. The first kappa shape index (κ1) is 15.3. The summed E-state index contributed by atoms with van der Waals surface area (Å²) in [5.74, 6) is 0. The fourth-order valence-electron chi connectivity index (χ4n) is 1.85. The number of hydrogen-bond acceptors (Lipinski definition) is 2. The molecule has 102 valence electrons. The van der Waals surface area contributed by atoms with Gasteiger partial charge in [0.2, 0.25) is 0 Å². The Morgan fingerprint density at radius 2 is 2.05 bits per heavy atom. The molecule has 2 aromatic rings. The summed E-state index contributed by atoms with van der Waals surface area (Å²) in [5, 5.41) is 4.27. The van der Waals surface area contributed by atoms with Crippen molar-refractivity contribution in [2.45, 2.75) is 19.4 Å². The van der Waals surface area contributed by atoms with E-state index >= 15 is 0 Å². The van der Waals surface area contributed by atoms with E-state index < -0.39 is 0 Å². The molecule has 1 atom stereocenters. The third-order valence-electron chi connectivity index (χ3n) is 2.75. The predicted molar refractivity (Wildman–Crippen MR) is 88.6 cm³/mol. The van der Waals surface area contributed by atoms with Crippen LogP contribution in [-0.4, -0.2) is 6.54 Å². The first-order valence-electron chi connectivity index (χ1n) is 6.05. The second-order valence-corrected chi connectivity index (χ2v) is 7.21. The van der Waals surface area contributed by atoms with Crippen LogP contribution in [0.3, 0.4) is 0 Å². The zero-order valence-corrected chi connectivity index (χ0v) is 14.3. The van der Waals surface area contributed by atoms with Gasteiger partial charge in [0, 0.05) is 9.35 Å². The molecule has 0 aliphatic rings. The van der Waals surface area contributed by atoms with E-state index in [0.29, 0.717) is 0 Å². The molecule has 19 heavy (non-hydrogen) atoms. The van der Waals surface area contributed by atoms with Gasteiger partial charge < -0.3 is 5.32 Å². The van der Waals surface area contributed by atoms with Crippen molar-refractivity contribution in [2.75, 3.05) is 6.54 Å². The lowest BCUT2D eigenvalue weighted by atomic mass is 10.1. The number of hydrogen-bond donors (Lipinski definition) is 1. The number of rotatable bonds is 5. The van der Waals surface area contributed by atoms with Crippen molar-refractivity contribution in [3.63, 3.8) is 0 Å². The molecule has 1 N–H and O–H groups in total. The maximum Gasteiger partial charge on any atom is 0.0931 e. The van der Waals surface area contributed by atoms with Crippen molar-refractivity contribution in [3.05, 3.63) is 54.6 Å². The van der Waals surface area contributed by atoms with Gasteiger partial charge >= 0.3 is 0 Å². The molecule has 1 aromatic heterocycles. The lowest BCUT2D eigenvalue weighted by Crippen LogP contribution is -2.22. The van der Waals surface area contributed by atoms with Crippen molar-refractivity contribution < 1.29 is 0 Å². The summed E-state index contributed by atoms with van der Waals surface area (Å²) in [6.07, 6.45) is 1.09. The van der Waals surface area contributed by atoms with Gasteiger partial charge in [0.1, 0.15) is 0 Å². The molecule has 0 aliphatic heterocycles. The van der Waals surface area contributed by atoms with E-state index in [1.807, 2.05) is 18.2 Å². The molecule has 0 aliphatic carbocycles. The minimum absolute atomic E-state index is 0.158. The summed E-state index contributed by atoms with van der Waals surface area (Å²) in [6.45, 7) is 3.11. The van der Waals surface area contributed by atoms with Crippen molar-refractivity contribution in [1.29, 1.82) is 0 Å². The molecule has 1 heterocycles. The fraction of sp³-hybridized carbons (Fsp3) is 0.286. The Morgan fingerprint density at radius 3 is 2.63 bits per heavy atom. The molecule has 0 spiro atoms. The average molecular weight is 379 g/mol. The van der Waals surface area contributed by atoms with Gasteiger partial charge in [-0.3, -0.25) is 0 Å². The lowest BCUT2D eigenvalue weighted by Gasteiger charge is -2.18. The lowest BCUT2D eigenvalue weighted by molar-refractivity contribution is 0.606. The average Bonchev–Trinajstić information content (AvgIpc) is 2.80. The topological polar surface area (TPSA) is 12.0 Å². The molecule has 0 radical (unpaired) electrons. The van der Waals surface area contributed by atoms with E-state index in [9.17, 15) is 0 Å². The Morgan fingerprint density at radius 1 is 1.26 bits per heavy atom. The minimum Gasteiger partial charge on any atom is -0.306 e. The fourth-order valence-corrected chi connectivity index (χ4v) is 3.53. The number of halogens is 3. The summed E-state index contributed by atoms with van der Waals surface area (Å²) >= 11 is 17.2. The number of benzene rings is 1. The Bertz CT molecular complexity index is 556. The van der Waals surface area contributed by atoms with Crippen molar-refractivity contribution in [2.24, 2.45) is 0 Å². The van der Waals surface area contributed by atoms with Crippen LogP contribution < -0.4 is 5.32 Å². The van der Waals surface area contributed by atoms with Crippen LogP contribution in [0.1, 0.15) is 29.8 Å². The molecule has 0 bridgehead atoms. The van der Waals surface area contributed by atoms with E-state index in [2.05, 4.69) is 40.3 Å². The van der Waals surface area contributed by atoms with Crippen molar-refractivity contribution in [3.8, 4) is 0 Å². The molecular formula is C14H14BrCl2NS. The van der Waals surface area contributed by atoms with Gasteiger partial charge in [-0.05, 0) is 58.7 Å². The SMILES string of the molecule is CCCNC(c1ccc(Cl)c(Br)c1)c1ccc(Cl)s1. The van der Waals surface area contributed by atoms with Gasteiger partial charge in [0.15, 0.2) is 0 Å². The van der Waals surface area contributed by atoms with Gasteiger partial charge in [0.25, 0.3) is 0 Å². The predicted octanol–water partition coefficient (Wildman–Crippen LogP) is 5.91. The Kier molecular flexibility index (Phi) is 5.72. The monoisotopic (exact) mass is 377 g/mol. The van der Waals surface area contributed by atoms with Crippen LogP contribution in [0.25, 0.3) is 0 Å². The summed E-state index contributed by atoms with van der Waals surface area (Å²) in [6, 6.07) is 10.2. The van der Waals surface area contributed by atoms with Gasteiger partial charge in [0.05, 0.1) is 15.4 Å². The summed E-state index contributed by atoms with van der Waals surface area (Å²) in [5.41, 5.74) is 1.18. The molecule has 1 aromatic carbocycles. The van der Waals surface area contributed by atoms with Crippen molar-refractivity contribution in [1.82, 2.24) is 5.32 Å². The molecule has 0 fully saturated rings. The first-order chi connectivity index (χ1) is 9.11. The van der Waals surface area contributed by atoms with E-state index in [4.69, 9.17) is 23.2 Å². The first-order valence-corrected chi connectivity index (χ1v) is 8.42. The quantitative estimate of drug-likeness (QED) is 0.682. The molecule has 2 rings (SSSR count). The normalized spacial score (nSPS) is 12.6. The van der Waals surface area contributed by atoms with Crippen LogP contribution in [0.5, 0.6) is 0 Å². The molecule has 0 saturated heterocycles. The van der Waals surface area contributed by atoms with Crippen LogP contribution in [0, 0.1) is 0 Å². The Labute approximate surface area is 136 Å². The third-order valence-corrected chi connectivity index (χ3v) is 5.26. The maximum atomic E-state index is 6.05. The van der Waals surface area contributed by atoms with Gasteiger partial charge in [-0.15, -0.1) is 11.3 Å². The molecule has 0 saturated carbocycles. The second-order valence-electron chi connectivity index (χ2n) is 4.20. The molecular weight excluding hydrogens is 365 g/mol. The number of nitrogens with one attached hydrogen (secondary N) is 1. The van der Waals surface area contributed by atoms with E-state index in [-0.39, 0.29) is 6.04 Å². The highest BCUT2D eigenvalue weighted by Gasteiger charge is 2.16. The van der Waals surface area contributed by atoms with E-state index in [1.165, 1.54) is 10.4 Å². The van der Waals surface area contributed by atoms with Crippen LogP contribution in [-0.2, 0) is 0 Å². The van der Waals surface area contributed by atoms with Crippen LogP contribution >= 0.6 is 50.5 Å². The minimum atomic E-state index is 0.158. The maximum absolute atomic E-state index is 6.05. The molecule has 1 nitrogen and oxygen atoms in total. The highest BCUT2D eigenvalue weighted by molar-refractivity contribution is 9.10. The zero-order chi connectivity index (χ0) is 13.8. The Hall–Kier alpha value is -0.0600. The molecule has 5 heteroatoms. The largest absolute Gasteiger partial charge is 0.306 e.